The molecular weight excluding hydrogens is 284 g/mol. The lowest BCUT2D eigenvalue weighted by Gasteiger charge is -2.09. The Morgan fingerprint density at radius 1 is 1.45 bits per heavy atom. The minimum Gasteiger partial charge on any atom is -0.473 e. The molecule has 0 bridgehead atoms. The first kappa shape index (κ1) is 15.7. The maximum absolute atomic E-state index is 12.4. The second-order valence-electron chi connectivity index (χ2n) is 3.60. The highest BCUT2D eigenvalue weighted by atomic mass is 19.4. The van der Waals surface area contributed by atoms with E-state index in [0.717, 1.165) is 12.1 Å². The molecule has 0 aliphatic carbocycles. The van der Waals surface area contributed by atoms with E-state index in [9.17, 15) is 22.4 Å². The van der Waals surface area contributed by atoms with Crippen LogP contribution in [-0.4, -0.2) is 29.3 Å². The Labute approximate surface area is 110 Å². The van der Waals surface area contributed by atoms with Crippen LogP contribution in [0.1, 0.15) is 5.56 Å². The van der Waals surface area contributed by atoms with Crippen molar-refractivity contribution in [2.75, 3.05) is 13.2 Å². The predicted octanol–water partition coefficient (Wildman–Crippen LogP) is 2.60. The van der Waals surface area contributed by atoms with Crippen molar-refractivity contribution in [2.45, 2.75) is 6.18 Å². The van der Waals surface area contributed by atoms with Gasteiger partial charge in [0.05, 0.1) is 11.9 Å². The summed E-state index contributed by atoms with van der Waals surface area (Å²) in [4.78, 5) is 13.6. The van der Waals surface area contributed by atoms with Gasteiger partial charge in [0.15, 0.2) is 0 Å². The van der Waals surface area contributed by atoms with E-state index >= 15 is 0 Å². The minimum absolute atomic E-state index is 0.0332. The first-order chi connectivity index (χ1) is 9.32. The predicted molar refractivity (Wildman–Crippen MR) is 60.0 cm³/mol. The summed E-state index contributed by atoms with van der Waals surface area (Å²) in [7, 11) is 0. The van der Waals surface area contributed by atoms with Gasteiger partial charge in [-0.2, -0.15) is 13.2 Å². The zero-order valence-corrected chi connectivity index (χ0v) is 9.95. The molecule has 1 aromatic rings. The summed E-state index contributed by atoms with van der Waals surface area (Å²) in [6.45, 7) is -0.637. The molecule has 0 aliphatic rings. The number of rotatable bonds is 5. The second kappa shape index (κ2) is 6.73. The van der Waals surface area contributed by atoms with Gasteiger partial charge in [-0.05, 0) is 6.07 Å². The summed E-state index contributed by atoms with van der Waals surface area (Å²) in [6, 6.07) is 1.76. The number of pyridine rings is 1. The second-order valence-corrected chi connectivity index (χ2v) is 3.60. The van der Waals surface area contributed by atoms with Crippen molar-refractivity contribution in [3.8, 4) is 5.88 Å². The highest BCUT2D eigenvalue weighted by molar-refractivity contribution is 5.64. The Balaban J connectivity index is 2.55. The average Bonchev–Trinajstić information content (AvgIpc) is 2.38. The van der Waals surface area contributed by atoms with Crippen LogP contribution >= 0.6 is 0 Å². The number of nitrogens with one attached hydrogen (secondary N) is 1. The van der Waals surface area contributed by atoms with Crippen LogP contribution in [0.3, 0.4) is 0 Å². The fourth-order valence-corrected chi connectivity index (χ4v) is 1.11. The van der Waals surface area contributed by atoms with Crippen molar-refractivity contribution in [2.24, 2.45) is 0 Å². The fraction of sp³-hybridized carbons (Fsp3) is 0.273. The number of hydrogen-bond donors (Lipinski definition) is 2. The Bertz CT molecular complexity index is 485. The van der Waals surface area contributed by atoms with Gasteiger partial charge in [-0.25, -0.2) is 14.2 Å². The molecule has 1 aromatic heterocycles. The van der Waals surface area contributed by atoms with Crippen LogP contribution < -0.4 is 10.1 Å². The van der Waals surface area contributed by atoms with Crippen molar-refractivity contribution in [3.63, 3.8) is 0 Å². The van der Waals surface area contributed by atoms with Crippen LogP contribution in [0.2, 0.25) is 0 Å². The fourth-order valence-electron chi connectivity index (χ4n) is 1.11. The summed E-state index contributed by atoms with van der Waals surface area (Å²) < 4.78 is 54.1. The van der Waals surface area contributed by atoms with E-state index in [2.05, 4.69) is 4.98 Å². The van der Waals surface area contributed by atoms with E-state index in [1.54, 1.807) is 0 Å². The molecule has 1 rings (SSSR count). The van der Waals surface area contributed by atoms with Crippen LogP contribution in [0.15, 0.2) is 30.2 Å². The van der Waals surface area contributed by atoms with E-state index in [-0.39, 0.29) is 30.9 Å². The molecule has 0 unspecified atom stereocenters. The molecule has 20 heavy (non-hydrogen) atoms. The standard InChI is InChI=1S/C11H10F4N2O3/c12-3-7(4-17-10(18)19)6-20-9-2-1-8(5-16-9)11(13,14)15/h1-3,5,17H,4,6H2,(H,18,19)/b7-3+. The Morgan fingerprint density at radius 3 is 2.60 bits per heavy atom. The lowest BCUT2D eigenvalue weighted by atomic mass is 10.3. The zero-order chi connectivity index (χ0) is 15.2. The summed E-state index contributed by atoms with van der Waals surface area (Å²) in [5.74, 6) is -0.132. The highest BCUT2D eigenvalue weighted by Gasteiger charge is 2.30. The van der Waals surface area contributed by atoms with Gasteiger partial charge >= 0.3 is 12.3 Å². The lowest BCUT2D eigenvalue weighted by molar-refractivity contribution is -0.137. The number of nitrogens with zero attached hydrogens (tertiary/aromatic N) is 1. The van der Waals surface area contributed by atoms with E-state index in [0.29, 0.717) is 6.20 Å². The van der Waals surface area contributed by atoms with Crippen LogP contribution in [0.5, 0.6) is 5.88 Å². The number of hydrogen-bond acceptors (Lipinski definition) is 3. The van der Waals surface area contributed by atoms with Gasteiger partial charge in [-0.15, -0.1) is 0 Å². The zero-order valence-electron chi connectivity index (χ0n) is 9.95. The molecule has 1 heterocycles. The van der Waals surface area contributed by atoms with Crippen LogP contribution in [0.25, 0.3) is 0 Å². The Hall–Kier alpha value is -2.32. The Morgan fingerprint density at radius 2 is 2.15 bits per heavy atom. The molecule has 110 valence electrons. The third kappa shape index (κ3) is 5.12. The molecule has 2 N–H and O–H groups in total. The first-order valence-electron chi connectivity index (χ1n) is 5.24. The number of amides is 1. The van der Waals surface area contributed by atoms with Gasteiger partial charge in [0.2, 0.25) is 5.88 Å². The van der Waals surface area contributed by atoms with E-state index < -0.39 is 17.8 Å². The molecule has 0 aromatic carbocycles. The maximum Gasteiger partial charge on any atom is 0.417 e. The van der Waals surface area contributed by atoms with Gasteiger partial charge in [0.25, 0.3) is 0 Å². The van der Waals surface area contributed by atoms with Crippen LogP contribution in [0, 0.1) is 0 Å². The van der Waals surface area contributed by atoms with Crippen molar-refractivity contribution >= 4 is 6.09 Å². The summed E-state index contributed by atoms with van der Waals surface area (Å²) >= 11 is 0. The number of halogens is 4. The summed E-state index contributed by atoms with van der Waals surface area (Å²) in [5.41, 5.74) is -0.965. The van der Waals surface area contributed by atoms with Crippen molar-refractivity contribution in [1.29, 1.82) is 0 Å². The number of carbonyl (C=O) groups is 1. The van der Waals surface area contributed by atoms with Crippen molar-refractivity contribution < 1.29 is 32.2 Å². The molecule has 0 radical (unpaired) electrons. The smallest absolute Gasteiger partial charge is 0.417 e. The maximum atomic E-state index is 12.4. The first-order valence-corrected chi connectivity index (χ1v) is 5.24. The minimum atomic E-state index is -4.50. The molecule has 9 heteroatoms. The number of carboxylic acid groups (broad SMARTS) is 1. The van der Waals surface area contributed by atoms with Crippen molar-refractivity contribution in [1.82, 2.24) is 10.3 Å². The molecule has 0 saturated carbocycles. The summed E-state index contributed by atoms with van der Waals surface area (Å²) in [6.07, 6.45) is -5.10. The SMILES string of the molecule is O=C(O)NC/C(=C\F)COc1ccc(C(F)(F)F)cn1. The monoisotopic (exact) mass is 294 g/mol. The number of ether oxygens (including phenoxy) is 1. The average molecular weight is 294 g/mol. The third-order valence-electron chi connectivity index (χ3n) is 2.09. The third-order valence-corrected chi connectivity index (χ3v) is 2.09. The van der Waals surface area contributed by atoms with Crippen LogP contribution in [-0.2, 0) is 6.18 Å². The molecule has 0 atom stereocenters. The highest BCUT2D eigenvalue weighted by Crippen LogP contribution is 2.29. The number of alkyl halides is 3. The van der Waals surface area contributed by atoms with Gasteiger partial charge < -0.3 is 15.2 Å². The van der Waals surface area contributed by atoms with E-state index in [1.165, 1.54) is 0 Å². The van der Waals surface area contributed by atoms with E-state index in [1.807, 2.05) is 5.32 Å². The van der Waals surface area contributed by atoms with Crippen molar-refractivity contribution in [3.05, 3.63) is 35.8 Å². The lowest BCUT2D eigenvalue weighted by Crippen LogP contribution is -2.25. The largest absolute Gasteiger partial charge is 0.473 e. The molecule has 0 spiro atoms. The summed E-state index contributed by atoms with van der Waals surface area (Å²) in [5, 5.41) is 10.3. The van der Waals surface area contributed by atoms with Gasteiger partial charge in [0, 0.05) is 24.4 Å². The van der Waals surface area contributed by atoms with Gasteiger partial charge in [0.1, 0.15) is 6.61 Å². The Kier molecular flexibility index (Phi) is 5.30. The van der Waals surface area contributed by atoms with Gasteiger partial charge in [-0.3, -0.25) is 0 Å². The quantitative estimate of drug-likeness (QED) is 0.819. The molecule has 0 saturated heterocycles. The van der Waals surface area contributed by atoms with Gasteiger partial charge in [-0.1, -0.05) is 0 Å². The van der Waals surface area contributed by atoms with E-state index in [4.69, 9.17) is 9.84 Å². The van der Waals surface area contributed by atoms with Crippen LogP contribution in [0.4, 0.5) is 22.4 Å². The topological polar surface area (TPSA) is 71.5 Å². The molecule has 1 amide bonds. The molecule has 0 fully saturated rings. The molecular formula is C11H10F4N2O3. The number of aromatic nitrogens is 1. The molecule has 0 aliphatic heterocycles. The molecule has 5 nitrogen and oxygen atoms in total. The normalized spacial score (nSPS) is 12.1.